The quantitative estimate of drug-likeness (QED) is 0.584. The highest BCUT2D eigenvalue weighted by Crippen LogP contribution is 2.37. The van der Waals surface area contributed by atoms with Crippen molar-refractivity contribution < 1.29 is 4.74 Å². The van der Waals surface area contributed by atoms with Gasteiger partial charge < -0.3 is 4.74 Å². The Morgan fingerprint density at radius 1 is 0.625 bits per heavy atom. The van der Waals surface area contributed by atoms with E-state index in [2.05, 4.69) is 72.8 Å². The lowest BCUT2D eigenvalue weighted by Crippen LogP contribution is -1.94. The van der Waals surface area contributed by atoms with Gasteiger partial charge in [0.2, 0.25) is 0 Å². The van der Waals surface area contributed by atoms with Gasteiger partial charge in [0.1, 0.15) is 5.76 Å². The molecule has 24 heavy (non-hydrogen) atoms. The largest absolute Gasteiger partial charge is 0.468 e. The second-order valence-corrected chi connectivity index (χ2v) is 5.83. The van der Waals surface area contributed by atoms with Crippen LogP contribution in [-0.2, 0) is 4.74 Å². The highest BCUT2D eigenvalue weighted by Gasteiger charge is 2.20. The van der Waals surface area contributed by atoms with E-state index in [1.165, 1.54) is 27.8 Å². The first-order valence-corrected chi connectivity index (χ1v) is 8.17. The molecule has 1 nitrogen and oxygen atoms in total. The molecule has 4 rings (SSSR count). The summed E-state index contributed by atoms with van der Waals surface area (Å²) < 4.78 is 6.01. The molecular formula is C23H18O. The maximum absolute atomic E-state index is 6.01. The van der Waals surface area contributed by atoms with Gasteiger partial charge in [-0.3, -0.25) is 0 Å². The van der Waals surface area contributed by atoms with Crippen LogP contribution in [0.3, 0.4) is 0 Å². The van der Waals surface area contributed by atoms with Crippen molar-refractivity contribution in [2.45, 2.75) is 6.42 Å². The average Bonchev–Trinajstić information content (AvgIpc) is 3.14. The zero-order valence-electron chi connectivity index (χ0n) is 13.4. The lowest BCUT2D eigenvalue weighted by molar-refractivity contribution is 0.370. The van der Waals surface area contributed by atoms with Crippen molar-refractivity contribution in [1.29, 1.82) is 0 Å². The molecule has 0 saturated carbocycles. The molecule has 0 amide bonds. The van der Waals surface area contributed by atoms with Crippen molar-refractivity contribution in [3.05, 3.63) is 120 Å². The predicted octanol–water partition coefficient (Wildman–Crippen LogP) is 5.91. The monoisotopic (exact) mass is 310 g/mol. The molecule has 1 aliphatic rings. The number of ether oxygens (including phenoxy) is 1. The zero-order chi connectivity index (χ0) is 16.2. The molecule has 1 heterocycles. The Balaban J connectivity index is 1.77. The molecule has 3 aromatic carbocycles. The summed E-state index contributed by atoms with van der Waals surface area (Å²) in [4.78, 5) is 0. The minimum atomic E-state index is 0.809. The van der Waals surface area contributed by atoms with Gasteiger partial charge in [0.05, 0.1) is 6.26 Å². The van der Waals surface area contributed by atoms with Gasteiger partial charge >= 0.3 is 0 Å². The van der Waals surface area contributed by atoms with E-state index in [4.69, 9.17) is 4.74 Å². The fraction of sp³-hybridized carbons (Fsp3) is 0.0435. The number of hydrogen-bond donors (Lipinski definition) is 0. The molecule has 0 aliphatic carbocycles. The molecule has 0 N–H and O–H groups in total. The molecule has 0 fully saturated rings. The Bertz CT molecular complexity index is 834. The first kappa shape index (κ1) is 14.5. The summed E-state index contributed by atoms with van der Waals surface area (Å²) in [7, 11) is 0. The number of rotatable bonds is 3. The van der Waals surface area contributed by atoms with Gasteiger partial charge in [0.25, 0.3) is 0 Å². The lowest BCUT2D eigenvalue weighted by atomic mass is 9.94. The average molecular weight is 310 g/mol. The summed E-state index contributed by atoms with van der Waals surface area (Å²) in [5.74, 6) is 1.01. The second kappa shape index (κ2) is 6.59. The summed E-state index contributed by atoms with van der Waals surface area (Å²) in [6, 6.07) is 31.3. The highest BCUT2D eigenvalue weighted by atomic mass is 16.5. The maximum atomic E-state index is 6.01. The van der Waals surface area contributed by atoms with Gasteiger partial charge in [0.15, 0.2) is 0 Å². The second-order valence-electron chi connectivity index (χ2n) is 5.83. The normalized spacial score (nSPS) is 13.3. The van der Waals surface area contributed by atoms with Gasteiger partial charge in [0, 0.05) is 17.6 Å². The van der Waals surface area contributed by atoms with E-state index in [0.29, 0.717) is 0 Å². The van der Waals surface area contributed by atoms with Crippen molar-refractivity contribution >= 4 is 11.1 Å². The van der Waals surface area contributed by atoms with E-state index < -0.39 is 0 Å². The van der Waals surface area contributed by atoms with Crippen molar-refractivity contribution in [3.8, 4) is 0 Å². The maximum Gasteiger partial charge on any atom is 0.116 e. The highest BCUT2D eigenvalue weighted by molar-refractivity contribution is 5.84. The van der Waals surface area contributed by atoms with Crippen LogP contribution in [0.5, 0.6) is 0 Å². The molecule has 1 heteroatoms. The smallest absolute Gasteiger partial charge is 0.116 e. The van der Waals surface area contributed by atoms with Crippen LogP contribution in [0.1, 0.15) is 23.1 Å². The lowest BCUT2D eigenvalue weighted by Gasteiger charge is -2.12. The zero-order valence-corrected chi connectivity index (χ0v) is 13.4. The van der Waals surface area contributed by atoms with Crippen molar-refractivity contribution in [2.24, 2.45) is 0 Å². The Hall–Kier alpha value is -3.06. The number of benzene rings is 3. The third-order valence-corrected chi connectivity index (χ3v) is 4.24. The Morgan fingerprint density at radius 3 is 1.67 bits per heavy atom. The van der Waals surface area contributed by atoms with Crippen LogP contribution < -0.4 is 0 Å². The Labute approximate surface area is 142 Å². The van der Waals surface area contributed by atoms with E-state index in [1.807, 2.05) is 24.5 Å². The number of hydrogen-bond acceptors (Lipinski definition) is 1. The summed E-state index contributed by atoms with van der Waals surface area (Å²) in [5.41, 5.74) is 5.96. The van der Waals surface area contributed by atoms with Crippen LogP contribution in [0, 0.1) is 0 Å². The fourth-order valence-electron chi connectivity index (χ4n) is 3.07. The molecule has 0 spiro atoms. The SMILES string of the molecule is C1=C(c2ccccc2)CC(=C(c2ccccc2)c2ccccc2)O1. The van der Waals surface area contributed by atoms with Gasteiger partial charge in [-0.2, -0.15) is 0 Å². The summed E-state index contributed by atoms with van der Waals surface area (Å²) >= 11 is 0. The topological polar surface area (TPSA) is 9.23 Å². The third-order valence-electron chi connectivity index (χ3n) is 4.24. The standard InChI is InChI=1S/C23H18O/c1-4-10-18(11-5-1)21-16-22(24-17-21)23(19-12-6-2-7-13-19)20-14-8-3-9-15-20/h1-15,17H,16H2. The van der Waals surface area contributed by atoms with Crippen molar-refractivity contribution in [1.82, 2.24) is 0 Å². The van der Waals surface area contributed by atoms with Crippen LogP contribution in [0.4, 0.5) is 0 Å². The minimum Gasteiger partial charge on any atom is -0.468 e. The molecular weight excluding hydrogens is 292 g/mol. The van der Waals surface area contributed by atoms with Gasteiger partial charge in [-0.1, -0.05) is 91.0 Å². The van der Waals surface area contributed by atoms with Crippen molar-refractivity contribution in [2.75, 3.05) is 0 Å². The van der Waals surface area contributed by atoms with Gasteiger partial charge in [-0.15, -0.1) is 0 Å². The van der Waals surface area contributed by atoms with Gasteiger partial charge in [-0.05, 0) is 16.7 Å². The molecule has 0 aromatic heterocycles. The van der Waals surface area contributed by atoms with Crippen molar-refractivity contribution in [3.63, 3.8) is 0 Å². The van der Waals surface area contributed by atoms with E-state index in [1.54, 1.807) is 0 Å². The molecule has 0 radical (unpaired) electrons. The van der Waals surface area contributed by atoms with Crippen LogP contribution in [0.25, 0.3) is 11.1 Å². The van der Waals surface area contributed by atoms with Crippen LogP contribution in [0.2, 0.25) is 0 Å². The molecule has 1 aliphatic heterocycles. The summed E-state index contributed by atoms with van der Waals surface area (Å²) in [6.45, 7) is 0. The first-order valence-electron chi connectivity index (χ1n) is 8.17. The fourth-order valence-corrected chi connectivity index (χ4v) is 3.07. The Kier molecular flexibility index (Phi) is 3.99. The summed E-state index contributed by atoms with van der Waals surface area (Å²) in [5, 5.41) is 0. The van der Waals surface area contributed by atoms with Crippen LogP contribution >= 0.6 is 0 Å². The molecule has 0 saturated heterocycles. The predicted molar refractivity (Wildman–Crippen MR) is 99.0 cm³/mol. The van der Waals surface area contributed by atoms with Gasteiger partial charge in [-0.25, -0.2) is 0 Å². The third kappa shape index (κ3) is 2.89. The van der Waals surface area contributed by atoms with E-state index in [-0.39, 0.29) is 0 Å². The van der Waals surface area contributed by atoms with Crippen LogP contribution in [-0.4, -0.2) is 0 Å². The molecule has 116 valence electrons. The van der Waals surface area contributed by atoms with Crippen LogP contribution in [0.15, 0.2) is 103 Å². The number of allylic oxidation sites excluding steroid dienone is 1. The molecule has 0 bridgehead atoms. The molecule has 0 atom stereocenters. The molecule has 0 unspecified atom stereocenters. The van der Waals surface area contributed by atoms with E-state index in [9.17, 15) is 0 Å². The summed E-state index contributed by atoms with van der Waals surface area (Å²) in [6.07, 6.45) is 2.69. The Morgan fingerprint density at radius 2 is 1.12 bits per heavy atom. The van der Waals surface area contributed by atoms with E-state index in [0.717, 1.165) is 12.2 Å². The first-order chi connectivity index (χ1) is 11.9. The molecule has 3 aromatic rings. The van der Waals surface area contributed by atoms with E-state index >= 15 is 0 Å². The minimum absolute atomic E-state index is 0.809.